The number of aryl methyl sites for hydroxylation is 1. The maximum atomic E-state index is 14.0. The van der Waals surface area contributed by atoms with Gasteiger partial charge in [0, 0.05) is 37.9 Å². The van der Waals surface area contributed by atoms with Gasteiger partial charge in [0.1, 0.15) is 28.6 Å². The Bertz CT molecular complexity index is 1320. The highest BCUT2D eigenvalue weighted by molar-refractivity contribution is 7.20. The number of hydrogen-bond donors (Lipinski definition) is 1. The number of benzene rings is 2. The molecule has 1 aliphatic rings. The Morgan fingerprint density at radius 1 is 1.00 bits per heavy atom. The number of carbonyl (C=O) groups is 1. The molecule has 3 heterocycles. The summed E-state index contributed by atoms with van der Waals surface area (Å²) in [7, 11) is 0. The van der Waals surface area contributed by atoms with E-state index in [1.807, 2.05) is 25.1 Å². The van der Waals surface area contributed by atoms with Gasteiger partial charge in [-0.3, -0.25) is 4.79 Å². The number of aromatic nitrogens is 2. The zero-order chi connectivity index (χ0) is 22.9. The van der Waals surface area contributed by atoms with Gasteiger partial charge >= 0.3 is 0 Å². The van der Waals surface area contributed by atoms with E-state index in [0.717, 1.165) is 55.1 Å². The van der Waals surface area contributed by atoms with Crippen molar-refractivity contribution in [1.82, 2.24) is 9.97 Å². The smallest absolute Gasteiger partial charge is 0.266 e. The van der Waals surface area contributed by atoms with Gasteiger partial charge in [0.05, 0.1) is 16.0 Å². The van der Waals surface area contributed by atoms with Crippen molar-refractivity contribution < 1.29 is 13.6 Å². The molecule has 0 bridgehead atoms. The van der Waals surface area contributed by atoms with Gasteiger partial charge in [0.2, 0.25) is 0 Å². The van der Waals surface area contributed by atoms with Crippen molar-refractivity contribution >= 4 is 44.7 Å². The molecule has 1 aliphatic heterocycles. The van der Waals surface area contributed by atoms with Crippen molar-refractivity contribution in [1.29, 1.82) is 0 Å². The third kappa shape index (κ3) is 4.11. The van der Waals surface area contributed by atoms with E-state index in [1.165, 1.54) is 29.4 Å². The molecule has 2 aromatic heterocycles. The Morgan fingerprint density at radius 2 is 1.73 bits per heavy atom. The van der Waals surface area contributed by atoms with Crippen LogP contribution >= 0.6 is 11.3 Å². The predicted molar refractivity (Wildman–Crippen MR) is 127 cm³/mol. The number of anilines is 3. The van der Waals surface area contributed by atoms with Crippen molar-refractivity contribution in [3.63, 3.8) is 0 Å². The van der Waals surface area contributed by atoms with Crippen molar-refractivity contribution in [3.05, 3.63) is 76.9 Å². The van der Waals surface area contributed by atoms with E-state index < -0.39 is 17.5 Å². The number of carbonyl (C=O) groups excluding carboxylic acids is 1. The second-order valence-electron chi connectivity index (χ2n) is 7.82. The number of thiophene rings is 1. The maximum Gasteiger partial charge on any atom is 0.266 e. The average Bonchev–Trinajstić information content (AvgIpc) is 3.18. The predicted octanol–water partition coefficient (Wildman–Crippen LogP) is 4.86. The Morgan fingerprint density at radius 3 is 2.45 bits per heavy atom. The Labute approximate surface area is 193 Å². The number of piperazine rings is 1. The molecule has 33 heavy (non-hydrogen) atoms. The summed E-state index contributed by atoms with van der Waals surface area (Å²) in [6.07, 6.45) is 1.51. The van der Waals surface area contributed by atoms with E-state index in [1.54, 1.807) is 0 Å². The van der Waals surface area contributed by atoms with Gasteiger partial charge in [0.25, 0.3) is 5.91 Å². The lowest BCUT2D eigenvalue weighted by atomic mass is 10.1. The van der Waals surface area contributed by atoms with Crippen LogP contribution in [0.3, 0.4) is 0 Å². The number of fused-ring (bicyclic) bond motifs is 1. The van der Waals surface area contributed by atoms with Gasteiger partial charge in [-0.15, -0.1) is 11.3 Å². The zero-order valence-corrected chi connectivity index (χ0v) is 18.7. The van der Waals surface area contributed by atoms with Gasteiger partial charge in [0.15, 0.2) is 0 Å². The molecule has 168 valence electrons. The first-order chi connectivity index (χ1) is 16.0. The SMILES string of the molecule is Cc1c(C(=O)Nc2ccc(F)cc2F)sc2ncnc(N3CCN(c4ccccc4)CC3)c12. The fourth-order valence-corrected chi connectivity index (χ4v) is 5.13. The van der Waals surface area contributed by atoms with Crippen molar-refractivity contribution in [2.75, 3.05) is 41.3 Å². The highest BCUT2D eigenvalue weighted by Crippen LogP contribution is 2.36. The number of nitrogens with one attached hydrogen (secondary N) is 1. The second-order valence-corrected chi connectivity index (χ2v) is 8.82. The molecule has 1 N–H and O–H groups in total. The van der Waals surface area contributed by atoms with Crippen LogP contribution in [0.15, 0.2) is 54.9 Å². The number of para-hydroxylation sites is 1. The van der Waals surface area contributed by atoms with Crippen LogP contribution in [0.4, 0.5) is 26.0 Å². The fraction of sp³-hybridized carbons (Fsp3) is 0.208. The summed E-state index contributed by atoms with van der Waals surface area (Å²) in [5.74, 6) is -1.18. The largest absolute Gasteiger partial charge is 0.368 e. The minimum atomic E-state index is -0.820. The lowest BCUT2D eigenvalue weighted by Gasteiger charge is -2.37. The van der Waals surface area contributed by atoms with Crippen molar-refractivity contribution in [3.8, 4) is 0 Å². The minimum absolute atomic E-state index is 0.0680. The quantitative estimate of drug-likeness (QED) is 0.467. The van der Waals surface area contributed by atoms with Crippen molar-refractivity contribution in [2.24, 2.45) is 0 Å². The first-order valence-electron chi connectivity index (χ1n) is 10.6. The lowest BCUT2D eigenvalue weighted by Crippen LogP contribution is -2.46. The zero-order valence-electron chi connectivity index (χ0n) is 17.9. The summed E-state index contributed by atoms with van der Waals surface area (Å²) in [5.41, 5.74) is 1.88. The molecule has 1 saturated heterocycles. The molecule has 0 unspecified atom stereocenters. The second kappa shape index (κ2) is 8.74. The molecule has 1 amide bonds. The monoisotopic (exact) mass is 465 g/mol. The third-order valence-corrected chi connectivity index (χ3v) is 6.99. The molecule has 0 atom stereocenters. The van der Waals surface area contributed by atoms with Gasteiger partial charge in [-0.05, 0) is 36.8 Å². The Hall–Kier alpha value is -3.59. The van der Waals surface area contributed by atoms with Crippen LogP contribution < -0.4 is 15.1 Å². The molecule has 0 saturated carbocycles. The highest BCUT2D eigenvalue weighted by atomic mass is 32.1. The maximum absolute atomic E-state index is 14.0. The summed E-state index contributed by atoms with van der Waals surface area (Å²) in [4.78, 5) is 27.5. The molecule has 2 aromatic carbocycles. The van der Waals surface area contributed by atoms with E-state index >= 15 is 0 Å². The van der Waals surface area contributed by atoms with Crippen LogP contribution in [0.2, 0.25) is 0 Å². The fourth-order valence-electron chi connectivity index (χ4n) is 4.09. The summed E-state index contributed by atoms with van der Waals surface area (Å²) in [5, 5.41) is 3.37. The highest BCUT2D eigenvalue weighted by Gasteiger charge is 2.25. The third-order valence-electron chi connectivity index (χ3n) is 5.79. The Balaban J connectivity index is 1.40. The first kappa shape index (κ1) is 21.3. The van der Waals surface area contributed by atoms with Crippen molar-refractivity contribution in [2.45, 2.75) is 6.92 Å². The summed E-state index contributed by atoms with van der Waals surface area (Å²) >= 11 is 1.24. The molecular weight excluding hydrogens is 444 g/mol. The molecular formula is C24H21F2N5OS. The van der Waals surface area contributed by atoms with Gasteiger partial charge < -0.3 is 15.1 Å². The average molecular weight is 466 g/mol. The normalized spacial score (nSPS) is 14.0. The standard InChI is InChI=1S/C24H21F2N5OS/c1-15-20-22(31-11-9-30(10-12-31)17-5-3-2-4-6-17)27-14-28-24(20)33-21(15)23(32)29-19-8-7-16(25)13-18(19)26/h2-8,13-14H,9-12H2,1H3,(H,29,32). The molecule has 0 aliphatic carbocycles. The molecule has 0 spiro atoms. The van der Waals surface area contributed by atoms with Crippen LogP contribution in [0.1, 0.15) is 15.2 Å². The van der Waals surface area contributed by atoms with Crippen LogP contribution in [0, 0.1) is 18.6 Å². The molecule has 9 heteroatoms. The molecule has 4 aromatic rings. The summed E-state index contributed by atoms with van der Waals surface area (Å²) < 4.78 is 27.2. The summed E-state index contributed by atoms with van der Waals surface area (Å²) in [6, 6.07) is 13.4. The van der Waals surface area contributed by atoms with Crippen LogP contribution in [-0.2, 0) is 0 Å². The molecule has 0 radical (unpaired) electrons. The van der Waals surface area contributed by atoms with Gasteiger partial charge in [-0.25, -0.2) is 18.7 Å². The minimum Gasteiger partial charge on any atom is -0.368 e. The number of hydrogen-bond acceptors (Lipinski definition) is 6. The number of rotatable bonds is 4. The molecule has 6 nitrogen and oxygen atoms in total. The summed E-state index contributed by atoms with van der Waals surface area (Å²) in [6.45, 7) is 5.14. The number of halogens is 2. The van der Waals surface area contributed by atoms with E-state index in [4.69, 9.17) is 0 Å². The first-order valence-corrected chi connectivity index (χ1v) is 11.4. The lowest BCUT2D eigenvalue weighted by molar-refractivity contribution is 0.102. The number of amides is 1. The number of nitrogens with zero attached hydrogens (tertiary/aromatic N) is 4. The topological polar surface area (TPSA) is 61.4 Å². The van der Waals surface area contributed by atoms with Crippen LogP contribution in [-0.4, -0.2) is 42.1 Å². The molecule has 5 rings (SSSR count). The van der Waals surface area contributed by atoms with Crippen LogP contribution in [0.25, 0.3) is 10.2 Å². The Kier molecular flexibility index (Phi) is 5.63. The van der Waals surface area contributed by atoms with E-state index in [2.05, 4.69) is 37.2 Å². The molecule has 1 fully saturated rings. The van der Waals surface area contributed by atoms with E-state index in [0.29, 0.717) is 9.71 Å². The van der Waals surface area contributed by atoms with E-state index in [-0.39, 0.29) is 5.69 Å². The van der Waals surface area contributed by atoms with E-state index in [9.17, 15) is 13.6 Å². The van der Waals surface area contributed by atoms with Gasteiger partial charge in [-0.1, -0.05) is 18.2 Å². The van der Waals surface area contributed by atoms with Crippen LogP contribution in [0.5, 0.6) is 0 Å². The van der Waals surface area contributed by atoms with Gasteiger partial charge in [-0.2, -0.15) is 0 Å².